The van der Waals surface area contributed by atoms with E-state index in [1.54, 1.807) is 25.1 Å². The summed E-state index contributed by atoms with van der Waals surface area (Å²) in [5, 5.41) is 10.0. The molecule has 0 unspecified atom stereocenters. The smallest absolute Gasteiger partial charge is 0.298 e. The molecule has 0 spiro atoms. The lowest BCUT2D eigenvalue weighted by molar-refractivity contribution is 0.174. The average molecular weight is 306 g/mol. The van der Waals surface area contributed by atoms with Crippen LogP contribution in [0.1, 0.15) is 5.56 Å². The van der Waals surface area contributed by atoms with Crippen molar-refractivity contribution < 1.29 is 18.2 Å². The van der Waals surface area contributed by atoms with E-state index in [0.717, 1.165) is 5.56 Å². The number of pyridine rings is 2. The van der Waals surface area contributed by atoms with Crippen molar-refractivity contribution in [1.29, 1.82) is 0 Å². The summed E-state index contributed by atoms with van der Waals surface area (Å²) in [6, 6.07) is 6.72. The Bertz CT molecular complexity index is 1050. The van der Waals surface area contributed by atoms with E-state index in [0.29, 0.717) is 17.1 Å². The minimum atomic E-state index is -4.63. The van der Waals surface area contributed by atoms with Crippen molar-refractivity contribution in [2.75, 3.05) is 0 Å². The molecular weight excluding hydrogens is 296 g/mol. The predicted molar refractivity (Wildman–Crippen MR) is 75.2 cm³/mol. The molecule has 0 aliphatic rings. The zero-order valence-electron chi connectivity index (χ0n) is 10.8. The summed E-state index contributed by atoms with van der Waals surface area (Å²) in [5.74, 6) is 0. The molecule has 2 aromatic heterocycles. The Morgan fingerprint density at radius 3 is 2.62 bits per heavy atom. The van der Waals surface area contributed by atoms with Crippen LogP contribution in [0.15, 0.2) is 40.2 Å². The summed E-state index contributed by atoms with van der Waals surface area (Å²) >= 11 is 0. The highest BCUT2D eigenvalue weighted by molar-refractivity contribution is 7.86. The third-order valence-corrected chi connectivity index (χ3v) is 4.09. The summed E-state index contributed by atoms with van der Waals surface area (Å²) in [6.45, 7) is 1.79. The van der Waals surface area contributed by atoms with E-state index in [4.69, 9.17) is 0 Å². The van der Waals surface area contributed by atoms with Crippen LogP contribution in [-0.4, -0.2) is 27.9 Å². The third kappa shape index (κ3) is 2.05. The van der Waals surface area contributed by atoms with Gasteiger partial charge in [0.1, 0.15) is 4.90 Å². The molecule has 8 heteroatoms. The van der Waals surface area contributed by atoms with Gasteiger partial charge in [-0.05, 0) is 18.6 Å². The van der Waals surface area contributed by atoms with E-state index in [1.807, 2.05) is 0 Å². The summed E-state index contributed by atoms with van der Waals surface area (Å²) in [7, 11) is -4.63. The fraction of sp³-hybridized carbons (Fsp3) is 0.0769. The van der Waals surface area contributed by atoms with Gasteiger partial charge in [-0.1, -0.05) is 18.2 Å². The van der Waals surface area contributed by atoms with Crippen molar-refractivity contribution in [3.05, 3.63) is 46.4 Å². The first-order valence-corrected chi connectivity index (χ1v) is 7.35. The topological polar surface area (TPSA) is 109 Å². The van der Waals surface area contributed by atoms with Crippen LogP contribution < -0.4 is 5.56 Å². The van der Waals surface area contributed by atoms with Gasteiger partial charge in [-0.15, -0.1) is 0 Å². The van der Waals surface area contributed by atoms with Crippen LogP contribution >= 0.6 is 0 Å². The molecule has 3 rings (SSSR count). The van der Waals surface area contributed by atoms with Crippen LogP contribution in [0.25, 0.3) is 21.8 Å². The molecule has 0 aliphatic carbocycles. The molecule has 7 nitrogen and oxygen atoms in total. The van der Waals surface area contributed by atoms with Gasteiger partial charge >= 0.3 is 0 Å². The van der Waals surface area contributed by atoms with Gasteiger partial charge in [0.05, 0.1) is 22.6 Å². The fourth-order valence-corrected chi connectivity index (χ4v) is 2.87. The Labute approximate surface area is 118 Å². The van der Waals surface area contributed by atoms with E-state index in [-0.39, 0.29) is 15.6 Å². The van der Waals surface area contributed by atoms with Crippen LogP contribution in [0, 0.1) is 6.92 Å². The summed E-state index contributed by atoms with van der Waals surface area (Å²) < 4.78 is 32.2. The minimum absolute atomic E-state index is 0.0919. The molecule has 0 atom stereocenters. The number of aromatic nitrogens is 2. The second-order valence-corrected chi connectivity index (χ2v) is 6.04. The van der Waals surface area contributed by atoms with Crippen molar-refractivity contribution in [2.24, 2.45) is 0 Å². The normalized spacial score (nSPS) is 12.1. The van der Waals surface area contributed by atoms with Gasteiger partial charge in [0.25, 0.3) is 15.7 Å². The van der Waals surface area contributed by atoms with Crippen molar-refractivity contribution in [3.63, 3.8) is 0 Å². The molecule has 0 saturated heterocycles. The molecule has 0 aliphatic heterocycles. The molecule has 0 radical (unpaired) electrons. The van der Waals surface area contributed by atoms with E-state index in [2.05, 4.69) is 4.98 Å². The molecule has 2 N–H and O–H groups in total. The average Bonchev–Trinajstić information content (AvgIpc) is 2.41. The number of para-hydroxylation sites is 1. The molecule has 108 valence electrons. The number of benzene rings is 1. The third-order valence-electron chi connectivity index (χ3n) is 3.24. The number of hydrogen-bond acceptors (Lipinski definition) is 5. The van der Waals surface area contributed by atoms with Gasteiger partial charge in [-0.3, -0.25) is 9.35 Å². The maximum Gasteiger partial charge on any atom is 0.298 e. The van der Waals surface area contributed by atoms with Gasteiger partial charge in [0.15, 0.2) is 0 Å². The van der Waals surface area contributed by atoms with Crippen molar-refractivity contribution in [2.45, 2.75) is 11.8 Å². The first-order valence-electron chi connectivity index (χ1n) is 5.91. The lowest BCUT2D eigenvalue weighted by Crippen LogP contribution is -2.20. The maximum atomic E-state index is 11.9. The molecule has 0 saturated carbocycles. The molecule has 1 aromatic carbocycles. The highest BCUT2D eigenvalue weighted by Gasteiger charge is 2.20. The standard InChI is InChI=1S/C13H10N2O5S/c1-7-3-2-4-8-5-9-12(14-11(7)8)10(21(18,19)20)6-15(17)13(9)16/h2-6,17H,1H3,(H,18,19,20). The molecule has 2 heterocycles. The minimum Gasteiger partial charge on any atom is -0.425 e. The van der Waals surface area contributed by atoms with Gasteiger partial charge in [0.2, 0.25) is 0 Å². The summed E-state index contributed by atoms with van der Waals surface area (Å²) in [6.07, 6.45) is 0.636. The molecule has 0 bridgehead atoms. The Balaban J connectivity index is 2.65. The van der Waals surface area contributed by atoms with Crippen LogP contribution in [0.3, 0.4) is 0 Å². The van der Waals surface area contributed by atoms with Gasteiger partial charge in [-0.25, -0.2) is 4.98 Å². The number of nitrogens with zero attached hydrogens (tertiary/aromatic N) is 2. The summed E-state index contributed by atoms with van der Waals surface area (Å²) in [5.41, 5.74) is 0.330. The highest BCUT2D eigenvalue weighted by atomic mass is 32.2. The van der Waals surface area contributed by atoms with Crippen molar-refractivity contribution in [1.82, 2.24) is 9.71 Å². The Morgan fingerprint density at radius 2 is 1.95 bits per heavy atom. The zero-order chi connectivity index (χ0) is 15.4. The highest BCUT2D eigenvalue weighted by Crippen LogP contribution is 2.24. The van der Waals surface area contributed by atoms with Crippen LogP contribution in [0.2, 0.25) is 0 Å². The largest absolute Gasteiger partial charge is 0.425 e. The molecule has 0 fully saturated rings. The van der Waals surface area contributed by atoms with Gasteiger partial charge in [0, 0.05) is 5.39 Å². The Morgan fingerprint density at radius 1 is 1.24 bits per heavy atom. The van der Waals surface area contributed by atoms with E-state index in [1.165, 1.54) is 6.07 Å². The van der Waals surface area contributed by atoms with Gasteiger partial charge < -0.3 is 5.21 Å². The van der Waals surface area contributed by atoms with Crippen molar-refractivity contribution >= 4 is 31.9 Å². The van der Waals surface area contributed by atoms with E-state index in [9.17, 15) is 23.0 Å². The van der Waals surface area contributed by atoms with Crippen molar-refractivity contribution in [3.8, 4) is 0 Å². The number of aryl methyl sites for hydroxylation is 1. The maximum absolute atomic E-state index is 11.9. The zero-order valence-corrected chi connectivity index (χ0v) is 11.6. The molecule has 0 amide bonds. The number of hydrogen-bond donors (Lipinski definition) is 2. The van der Waals surface area contributed by atoms with Crippen LogP contribution in [0.5, 0.6) is 0 Å². The summed E-state index contributed by atoms with van der Waals surface area (Å²) in [4.78, 5) is 15.5. The van der Waals surface area contributed by atoms with Crippen LogP contribution in [-0.2, 0) is 10.1 Å². The first-order chi connectivity index (χ1) is 9.79. The quantitative estimate of drug-likeness (QED) is 0.399. The molecule has 21 heavy (non-hydrogen) atoms. The predicted octanol–water partition coefficient (Wildman–Crippen LogP) is 1.34. The van der Waals surface area contributed by atoms with Gasteiger partial charge in [-0.2, -0.15) is 13.1 Å². The second kappa shape index (κ2) is 4.27. The van der Waals surface area contributed by atoms with E-state index >= 15 is 0 Å². The Hall–Kier alpha value is -2.45. The SMILES string of the molecule is Cc1cccc2cc3c(=O)n(O)cc(S(=O)(=O)O)c3nc12. The molecule has 3 aromatic rings. The number of fused-ring (bicyclic) bond motifs is 2. The van der Waals surface area contributed by atoms with Crippen LogP contribution in [0.4, 0.5) is 0 Å². The van der Waals surface area contributed by atoms with E-state index < -0.39 is 20.6 Å². The number of rotatable bonds is 1. The lowest BCUT2D eigenvalue weighted by atomic mass is 10.1. The first kappa shape index (κ1) is 13.5. The molecular formula is C13H10N2O5S. The Kier molecular flexibility index (Phi) is 2.75. The second-order valence-electron chi connectivity index (χ2n) is 4.65. The lowest BCUT2D eigenvalue weighted by Gasteiger charge is -2.08. The monoisotopic (exact) mass is 306 g/mol. The fourth-order valence-electron chi connectivity index (χ4n) is 2.24.